The van der Waals surface area contributed by atoms with Crippen LogP contribution in [0.25, 0.3) is 17.5 Å². The summed E-state index contributed by atoms with van der Waals surface area (Å²) in [7, 11) is 3.10. The summed E-state index contributed by atoms with van der Waals surface area (Å²) < 4.78 is 16.5. The lowest BCUT2D eigenvalue weighted by Gasteiger charge is -2.10. The fraction of sp³-hybridized carbons (Fsp3) is 0.111. The fourth-order valence-corrected chi connectivity index (χ4v) is 4.01. The molecule has 10 heteroatoms. The number of carbonyl (C=O) groups is 1. The van der Waals surface area contributed by atoms with Crippen LogP contribution in [0, 0.1) is 11.3 Å². The maximum atomic E-state index is 12.0. The summed E-state index contributed by atoms with van der Waals surface area (Å²) in [5.74, 6) is 1.01. The number of aromatic amines is 1. The van der Waals surface area contributed by atoms with E-state index in [9.17, 15) is 9.90 Å². The first kappa shape index (κ1) is 25.3. The summed E-state index contributed by atoms with van der Waals surface area (Å²) in [6, 6.07) is 21.6. The van der Waals surface area contributed by atoms with Crippen molar-refractivity contribution in [2.75, 3.05) is 14.2 Å². The Bertz CT molecular complexity index is 1450. The van der Waals surface area contributed by atoms with Crippen molar-refractivity contribution >= 4 is 23.8 Å². The maximum absolute atomic E-state index is 12.0. The second-order valence-electron chi connectivity index (χ2n) is 7.62. The molecule has 0 unspecified atom stereocenters. The van der Waals surface area contributed by atoms with Crippen molar-refractivity contribution in [3.8, 4) is 34.7 Å². The minimum Gasteiger partial charge on any atom is -0.497 e. The predicted molar refractivity (Wildman–Crippen MR) is 138 cm³/mol. The van der Waals surface area contributed by atoms with Gasteiger partial charge < -0.3 is 19.3 Å². The van der Waals surface area contributed by atoms with Crippen molar-refractivity contribution in [3.05, 3.63) is 88.3 Å². The Balaban J connectivity index is 1.54. The van der Waals surface area contributed by atoms with E-state index in [2.05, 4.69) is 21.3 Å². The number of hydrogen-bond donors (Lipinski definition) is 2. The van der Waals surface area contributed by atoms with Gasteiger partial charge in [-0.15, -0.1) is 5.10 Å². The lowest BCUT2D eigenvalue weighted by molar-refractivity contribution is -0.131. The second kappa shape index (κ2) is 11.8. The van der Waals surface area contributed by atoms with Gasteiger partial charge in [0.15, 0.2) is 5.82 Å². The molecule has 0 fully saturated rings. The van der Waals surface area contributed by atoms with Gasteiger partial charge in [0.1, 0.15) is 28.8 Å². The summed E-state index contributed by atoms with van der Waals surface area (Å²) in [5, 5.41) is 26.0. The average Bonchev–Trinajstić information content (AvgIpc) is 3.40. The first-order valence-electron chi connectivity index (χ1n) is 11.0. The highest BCUT2D eigenvalue weighted by Crippen LogP contribution is 2.32. The number of aliphatic carboxylic acids is 1. The molecule has 0 aliphatic rings. The molecule has 0 amide bonds. The Morgan fingerprint density at radius 3 is 2.43 bits per heavy atom. The Hall–Kier alpha value is -4.75. The van der Waals surface area contributed by atoms with Crippen molar-refractivity contribution in [2.45, 2.75) is 11.8 Å². The van der Waals surface area contributed by atoms with Gasteiger partial charge in [-0.2, -0.15) is 5.26 Å². The van der Waals surface area contributed by atoms with Crippen LogP contribution >= 0.6 is 11.8 Å². The summed E-state index contributed by atoms with van der Waals surface area (Å²) in [6.07, 6.45) is 1.52. The number of carboxylic acids is 1. The van der Waals surface area contributed by atoms with Gasteiger partial charge in [-0.1, -0.05) is 30.3 Å². The molecule has 0 bridgehead atoms. The van der Waals surface area contributed by atoms with Crippen LogP contribution in [0.2, 0.25) is 0 Å². The van der Waals surface area contributed by atoms with Crippen molar-refractivity contribution in [2.24, 2.45) is 0 Å². The molecule has 3 aromatic carbocycles. The predicted octanol–water partition coefficient (Wildman–Crippen LogP) is 5.16. The van der Waals surface area contributed by atoms with Gasteiger partial charge in [0.25, 0.3) is 0 Å². The zero-order chi connectivity index (χ0) is 26.2. The quantitative estimate of drug-likeness (QED) is 0.218. The topological polar surface area (TPSA) is 130 Å². The largest absolute Gasteiger partial charge is 0.497 e. The van der Waals surface area contributed by atoms with E-state index in [1.54, 1.807) is 62.8 Å². The Morgan fingerprint density at radius 2 is 1.78 bits per heavy atom. The average molecular weight is 515 g/mol. The summed E-state index contributed by atoms with van der Waals surface area (Å²) in [4.78, 5) is 16.5. The molecule has 0 aliphatic heterocycles. The number of ether oxygens (including phenoxy) is 3. The molecule has 0 atom stereocenters. The second-order valence-corrected chi connectivity index (χ2v) is 8.63. The molecule has 1 aromatic heterocycles. The molecule has 186 valence electrons. The third kappa shape index (κ3) is 6.48. The standard InChI is InChI=1S/C27H22N4O5S/c1-34-21-11-20(12-22(14-21)35-2)25-29-27(31-30-25)37-24(26(32)33)13-19-5-3-4-6-23(19)36-16-18-9-7-17(15-28)8-10-18/h3-14H,16H2,1-2H3,(H,32,33)(H,29,30,31)/b24-13-. The lowest BCUT2D eigenvalue weighted by Crippen LogP contribution is -2.00. The fourth-order valence-electron chi connectivity index (χ4n) is 3.31. The van der Waals surface area contributed by atoms with E-state index < -0.39 is 5.97 Å². The molecule has 4 aromatic rings. The molecule has 0 saturated carbocycles. The number of benzene rings is 3. The molecule has 0 aliphatic carbocycles. The van der Waals surface area contributed by atoms with Crippen molar-refractivity contribution < 1.29 is 24.1 Å². The number of methoxy groups -OCH3 is 2. The minimum atomic E-state index is -1.12. The highest BCUT2D eigenvalue weighted by Gasteiger charge is 2.16. The first-order valence-corrected chi connectivity index (χ1v) is 11.8. The van der Waals surface area contributed by atoms with Crippen molar-refractivity contribution in [3.63, 3.8) is 0 Å². The molecule has 0 radical (unpaired) electrons. The molecule has 1 heterocycles. The van der Waals surface area contributed by atoms with Crippen LogP contribution in [0.5, 0.6) is 17.2 Å². The van der Waals surface area contributed by atoms with Gasteiger partial charge in [0.2, 0.25) is 5.16 Å². The normalized spacial score (nSPS) is 11.0. The molecule has 0 saturated heterocycles. The van der Waals surface area contributed by atoms with Gasteiger partial charge in [0, 0.05) is 17.2 Å². The maximum Gasteiger partial charge on any atom is 0.342 e. The van der Waals surface area contributed by atoms with E-state index in [4.69, 9.17) is 19.5 Å². The number of hydrogen-bond acceptors (Lipinski definition) is 8. The van der Waals surface area contributed by atoms with E-state index in [1.165, 1.54) is 6.08 Å². The highest BCUT2D eigenvalue weighted by molar-refractivity contribution is 8.04. The number of rotatable bonds is 10. The van der Waals surface area contributed by atoms with Crippen LogP contribution in [0.3, 0.4) is 0 Å². The van der Waals surface area contributed by atoms with Crippen LogP contribution < -0.4 is 14.2 Å². The number of nitrogens with one attached hydrogen (secondary N) is 1. The van der Waals surface area contributed by atoms with Crippen LogP contribution in [0.4, 0.5) is 0 Å². The molecule has 4 rings (SSSR count). The van der Waals surface area contributed by atoms with Gasteiger partial charge in [-0.05, 0) is 53.7 Å². The summed E-state index contributed by atoms with van der Waals surface area (Å²) >= 11 is 0.914. The highest BCUT2D eigenvalue weighted by atomic mass is 32.2. The Kier molecular flexibility index (Phi) is 8.08. The molecular formula is C27H22N4O5S. The van der Waals surface area contributed by atoms with Crippen LogP contribution in [-0.4, -0.2) is 40.5 Å². The van der Waals surface area contributed by atoms with Gasteiger partial charge in [-0.25, -0.2) is 9.78 Å². The number of nitriles is 1. The monoisotopic (exact) mass is 514 g/mol. The molecular weight excluding hydrogens is 492 g/mol. The number of carboxylic acid groups (broad SMARTS) is 1. The van der Waals surface area contributed by atoms with Gasteiger partial charge >= 0.3 is 5.97 Å². The summed E-state index contributed by atoms with van der Waals surface area (Å²) in [6.45, 7) is 0.264. The van der Waals surface area contributed by atoms with E-state index in [-0.39, 0.29) is 16.7 Å². The van der Waals surface area contributed by atoms with E-state index in [0.717, 1.165) is 17.3 Å². The SMILES string of the molecule is COc1cc(OC)cc(-c2nc(S/C(=C\c3ccccc3OCc3ccc(C#N)cc3)C(=O)O)n[nH]2)c1. The van der Waals surface area contributed by atoms with E-state index in [1.807, 2.05) is 18.2 Å². The number of nitrogens with zero attached hydrogens (tertiary/aromatic N) is 3. The van der Waals surface area contributed by atoms with Crippen LogP contribution in [0.15, 0.2) is 76.8 Å². The first-order chi connectivity index (χ1) is 18.0. The molecule has 0 spiro atoms. The van der Waals surface area contributed by atoms with Crippen LogP contribution in [-0.2, 0) is 11.4 Å². The minimum absolute atomic E-state index is 0.0168. The van der Waals surface area contributed by atoms with Gasteiger partial charge in [-0.3, -0.25) is 5.10 Å². The van der Waals surface area contributed by atoms with E-state index in [0.29, 0.717) is 39.8 Å². The van der Waals surface area contributed by atoms with Gasteiger partial charge in [0.05, 0.1) is 25.9 Å². The summed E-state index contributed by atoms with van der Waals surface area (Å²) in [5.41, 5.74) is 2.72. The molecule has 2 N–H and O–H groups in total. The Morgan fingerprint density at radius 1 is 1.08 bits per heavy atom. The third-order valence-electron chi connectivity index (χ3n) is 5.18. The van der Waals surface area contributed by atoms with Crippen molar-refractivity contribution in [1.29, 1.82) is 5.26 Å². The smallest absolute Gasteiger partial charge is 0.342 e. The molecule has 37 heavy (non-hydrogen) atoms. The molecule has 9 nitrogen and oxygen atoms in total. The zero-order valence-electron chi connectivity index (χ0n) is 20.0. The number of para-hydroxylation sites is 1. The Labute approximate surface area is 217 Å². The van der Waals surface area contributed by atoms with E-state index >= 15 is 0 Å². The lowest BCUT2D eigenvalue weighted by atomic mass is 10.1. The number of thioether (sulfide) groups is 1. The van der Waals surface area contributed by atoms with Crippen molar-refractivity contribution in [1.82, 2.24) is 15.2 Å². The zero-order valence-corrected chi connectivity index (χ0v) is 20.8. The van der Waals surface area contributed by atoms with Crippen LogP contribution in [0.1, 0.15) is 16.7 Å². The number of H-pyrrole nitrogens is 1. The number of aromatic nitrogens is 3. The third-order valence-corrected chi connectivity index (χ3v) is 6.06.